The highest BCUT2D eigenvalue weighted by atomic mass is 16.3. The van der Waals surface area contributed by atoms with E-state index in [4.69, 9.17) is 0 Å². The molecule has 1 saturated heterocycles. The van der Waals surface area contributed by atoms with Crippen molar-refractivity contribution in [3.63, 3.8) is 0 Å². The average Bonchev–Trinajstić information content (AvgIpc) is 2.49. The number of piperidine rings is 1. The van der Waals surface area contributed by atoms with E-state index < -0.39 is 5.60 Å². The molecule has 1 heterocycles. The lowest BCUT2D eigenvalue weighted by Gasteiger charge is -2.40. The molecule has 0 atom stereocenters. The summed E-state index contributed by atoms with van der Waals surface area (Å²) in [6, 6.07) is 0. The van der Waals surface area contributed by atoms with Crippen molar-refractivity contribution in [3.05, 3.63) is 0 Å². The molecule has 0 unspecified atom stereocenters. The van der Waals surface area contributed by atoms with Crippen LogP contribution in [0.15, 0.2) is 0 Å². The second-order valence-electron chi connectivity index (χ2n) is 6.85. The number of carbonyl (C=O) groups is 1. The summed E-state index contributed by atoms with van der Waals surface area (Å²) in [5, 5.41) is 10.6. The van der Waals surface area contributed by atoms with E-state index in [2.05, 4.69) is 18.7 Å². The van der Waals surface area contributed by atoms with Crippen molar-refractivity contribution in [2.24, 2.45) is 5.92 Å². The van der Waals surface area contributed by atoms with Gasteiger partial charge in [-0.2, -0.15) is 0 Å². The molecule has 1 saturated carbocycles. The zero-order chi connectivity index (χ0) is 15.3. The summed E-state index contributed by atoms with van der Waals surface area (Å²) in [5.74, 6) is 0.526. The molecular weight excluding hydrogens is 264 g/mol. The van der Waals surface area contributed by atoms with Crippen molar-refractivity contribution < 1.29 is 9.90 Å². The first-order valence-electron chi connectivity index (χ1n) is 8.81. The summed E-state index contributed by atoms with van der Waals surface area (Å²) in [4.78, 5) is 16.7. The molecule has 1 N–H and O–H groups in total. The third-order valence-corrected chi connectivity index (χ3v) is 5.31. The molecule has 1 aliphatic heterocycles. The first-order valence-corrected chi connectivity index (χ1v) is 8.81. The molecule has 21 heavy (non-hydrogen) atoms. The van der Waals surface area contributed by atoms with Crippen LogP contribution in [0.5, 0.6) is 0 Å². The number of rotatable bonds is 5. The van der Waals surface area contributed by atoms with Gasteiger partial charge in [0, 0.05) is 25.6 Å². The van der Waals surface area contributed by atoms with E-state index in [0.29, 0.717) is 5.91 Å². The van der Waals surface area contributed by atoms with E-state index in [0.717, 1.165) is 71.2 Å². The summed E-state index contributed by atoms with van der Waals surface area (Å²) in [7, 11) is 0. The van der Waals surface area contributed by atoms with Crippen molar-refractivity contribution in [2.45, 2.75) is 64.4 Å². The number of hydrogen-bond acceptors (Lipinski definition) is 3. The van der Waals surface area contributed by atoms with E-state index in [1.807, 2.05) is 4.90 Å². The molecule has 4 nitrogen and oxygen atoms in total. The molecule has 2 aliphatic rings. The lowest BCUT2D eigenvalue weighted by atomic mass is 9.83. The van der Waals surface area contributed by atoms with Gasteiger partial charge in [0.1, 0.15) is 0 Å². The van der Waals surface area contributed by atoms with Crippen molar-refractivity contribution in [2.75, 3.05) is 32.7 Å². The first-order chi connectivity index (χ1) is 10.1. The van der Waals surface area contributed by atoms with Crippen LogP contribution in [0, 0.1) is 5.92 Å². The Morgan fingerprint density at radius 1 is 1.14 bits per heavy atom. The predicted molar refractivity (Wildman–Crippen MR) is 85.1 cm³/mol. The zero-order valence-corrected chi connectivity index (χ0v) is 13.8. The van der Waals surface area contributed by atoms with E-state index in [-0.39, 0.29) is 5.92 Å². The van der Waals surface area contributed by atoms with Crippen molar-refractivity contribution in [3.8, 4) is 0 Å². The fraction of sp³-hybridized carbons (Fsp3) is 0.941. The molecule has 122 valence electrons. The minimum absolute atomic E-state index is 0.196. The predicted octanol–water partition coefficient (Wildman–Crippen LogP) is 2.26. The maximum Gasteiger partial charge on any atom is 0.225 e. The number of amides is 1. The van der Waals surface area contributed by atoms with Gasteiger partial charge in [0.2, 0.25) is 5.91 Å². The summed E-state index contributed by atoms with van der Waals surface area (Å²) < 4.78 is 0. The summed E-state index contributed by atoms with van der Waals surface area (Å²) >= 11 is 0. The van der Waals surface area contributed by atoms with Crippen LogP contribution in [0.1, 0.15) is 58.8 Å². The van der Waals surface area contributed by atoms with Crippen molar-refractivity contribution >= 4 is 5.91 Å². The highest BCUT2D eigenvalue weighted by molar-refractivity contribution is 5.78. The zero-order valence-electron chi connectivity index (χ0n) is 13.8. The summed E-state index contributed by atoms with van der Waals surface area (Å²) in [5.41, 5.74) is -0.464. The van der Waals surface area contributed by atoms with Gasteiger partial charge in [-0.25, -0.2) is 0 Å². The molecule has 2 rings (SSSR count). The second-order valence-corrected chi connectivity index (χ2v) is 6.85. The van der Waals surface area contributed by atoms with Crippen LogP contribution in [0.4, 0.5) is 0 Å². The molecule has 0 aromatic carbocycles. The van der Waals surface area contributed by atoms with Crippen LogP contribution in [0.25, 0.3) is 0 Å². The van der Waals surface area contributed by atoms with Crippen LogP contribution in [-0.2, 0) is 4.79 Å². The normalized spacial score (nSPS) is 24.0. The third kappa shape index (κ3) is 4.43. The van der Waals surface area contributed by atoms with Gasteiger partial charge in [0.25, 0.3) is 0 Å². The molecule has 1 aliphatic carbocycles. The van der Waals surface area contributed by atoms with Gasteiger partial charge in [0.05, 0.1) is 5.60 Å². The maximum absolute atomic E-state index is 12.4. The standard InChI is InChI=1S/C17H32N2O2/c1-3-19(4-2)16(20)15-8-12-18(13-9-15)14-17(21)10-6-5-7-11-17/h15,21H,3-14H2,1-2H3. The minimum atomic E-state index is -0.464. The Morgan fingerprint density at radius 2 is 1.71 bits per heavy atom. The smallest absolute Gasteiger partial charge is 0.225 e. The van der Waals surface area contributed by atoms with Gasteiger partial charge < -0.3 is 14.9 Å². The van der Waals surface area contributed by atoms with Crippen LogP contribution < -0.4 is 0 Å². The van der Waals surface area contributed by atoms with E-state index in [1.165, 1.54) is 6.42 Å². The third-order valence-electron chi connectivity index (χ3n) is 5.31. The highest BCUT2D eigenvalue weighted by Gasteiger charge is 2.34. The molecule has 0 bridgehead atoms. The largest absolute Gasteiger partial charge is 0.389 e. The van der Waals surface area contributed by atoms with Gasteiger partial charge in [-0.1, -0.05) is 19.3 Å². The number of β-amino-alcohol motifs (C(OH)–C–C–N with tert-alkyl or cyclic N) is 1. The highest BCUT2D eigenvalue weighted by Crippen LogP contribution is 2.30. The van der Waals surface area contributed by atoms with Gasteiger partial charge in [0.15, 0.2) is 0 Å². The number of likely N-dealkylation sites (tertiary alicyclic amines) is 1. The SMILES string of the molecule is CCN(CC)C(=O)C1CCN(CC2(O)CCCCC2)CC1. The topological polar surface area (TPSA) is 43.8 Å². The maximum atomic E-state index is 12.4. The lowest BCUT2D eigenvalue weighted by molar-refractivity contribution is -0.137. The Labute approximate surface area is 129 Å². The van der Waals surface area contributed by atoms with Gasteiger partial charge in [-0.05, 0) is 52.6 Å². The Balaban J connectivity index is 1.79. The molecule has 0 aromatic rings. The van der Waals surface area contributed by atoms with Gasteiger partial charge >= 0.3 is 0 Å². The van der Waals surface area contributed by atoms with E-state index >= 15 is 0 Å². The molecular formula is C17H32N2O2. The molecule has 0 aromatic heterocycles. The van der Waals surface area contributed by atoms with E-state index in [1.54, 1.807) is 0 Å². The van der Waals surface area contributed by atoms with Gasteiger partial charge in [-0.3, -0.25) is 4.79 Å². The number of carbonyl (C=O) groups excluding carboxylic acids is 1. The monoisotopic (exact) mass is 296 g/mol. The Morgan fingerprint density at radius 3 is 2.24 bits per heavy atom. The average molecular weight is 296 g/mol. The van der Waals surface area contributed by atoms with Crippen LogP contribution >= 0.6 is 0 Å². The van der Waals surface area contributed by atoms with Crippen LogP contribution in [-0.4, -0.2) is 59.1 Å². The fourth-order valence-corrected chi connectivity index (χ4v) is 3.92. The Hall–Kier alpha value is -0.610. The van der Waals surface area contributed by atoms with Crippen LogP contribution in [0.3, 0.4) is 0 Å². The molecule has 4 heteroatoms. The Bertz CT molecular complexity index is 328. The molecule has 2 fully saturated rings. The number of nitrogens with zero attached hydrogens (tertiary/aromatic N) is 2. The molecule has 1 amide bonds. The van der Waals surface area contributed by atoms with Gasteiger partial charge in [-0.15, -0.1) is 0 Å². The fourth-order valence-electron chi connectivity index (χ4n) is 3.92. The second kappa shape index (κ2) is 7.59. The first kappa shape index (κ1) is 16.8. The van der Waals surface area contributed by atoms with E-state index in [9.17, 15) is 9.90 Å². The quantitative estimate of drug-likeness (QED) is 0.846. The summed E-state index contributed by atoms with van der Waals surface area (Å²) in [6.07, 6.45) is 7.39. The number of hydrogen-bond donors (Lipinski definition) is 1. The van der Waals surface area contributed by atoms with Crippen molar-refractivity contribution in [1.29, 1.82) is 0 Å². The number of aliphatic hydroxyl groups is 1. The minimum Gasteiger partial charge on any atom is -0.389 e. The Kier molecular flexibility index (Phi) is 6.06. The molecule has 0 radical (unpaired) electrons. The summed E-state index contributed by atoms with van der Waals surface area (Å²) in [6.45, 7) is 8.45. The molecule has 0 spiro atoms. The lowest BCUT2D eigenvalue weighted by Crippen LogP contribution is -2.49. The van der Waals surface area contributed by atoms with Crippen LogP contribution in [0.2, 0.25) is 0 Å². The van der Waals surface area contributed by atoms with Crippen molar-refractivity contribution in [1.82, 2.24) is 9.80 Å².